The van der Waals surface area contributed by atoms with E-state index in [1.807, 2.05) is 37.3 Å². The van der Waals surface area contributed by atoms with Gasteiger partial charge < -0.3 is 19.4 Å². The Morgan fingerprint density at radius 3 is 2.64 bits per heavy atom. The molecule has 1 aromatic carbocycles. The summed E-state index contributed by atoms with van der Waals surface area (Å²) in [7, 11) is 1.69. The van der Waals surface area contributed by atoms with Crippen LogP contribution in [-0.4, -0.2) is 50.6 Å². The van der Waals surface area contributed by atoms with Crippen molar-refractivity contribution >= 4 is 11.6 Å². The first-order chi connectivity index (χ1) is 12.2. The first-order valence-electron chi connectivity index (χ1n) is 8.60. The number of methoxy groups -OCH3 is 1. The van der Waals surface area contributed by atoms with Crippen molar-refractivity contribution in [2.75, 3.05) is 44.7 Å². The number of piperazine rings is 1. The predicted octanol–water partition coefficient (Wildman–Crippen LogP) is 2.29. The molecule has 6 nitrogen and oxygen atoms in total. The molecule has 1 N–H and O–H groups in total. The monoisotopic (exact) mass is 343 g/mol. The summed E-state index contributed by atoms with van der Waals surface area (Å²) >= 11 is 0. The second kappa shape index (κ2) is 8.07. The van der Waals surface area contributed by atoms with E-state index in [0.717, 1.165) is 43.4 Å². The number of ether oxygens (including phenoxy) is 1. The Bertz CT molecular complexity index is 679. The topological polar surface area (TPSA) is 58.0 Å². The van der Waals surface area contributed by atoms with Crippen LogP contribution in [0.5, 0.6) is 5.75 Å². The van der Waals surface area contributed by atoms with E-state index in [9.17, 15) is 4.79 Å². The van der Waals surface area contributed by atoms with Gasteiger partial charge in [0.1, 0.15) is 11.5 Å². The van der Waals surface area contributed by atoms with Crippen LogP contribution in [0.2, 0.25) is 0 Å². The highest BCUT2D eigenvalue weighted by Crippen LogP contribution is 2.28. The third-order valence-corrected chi connectivity index (χ3v) is 4.51. The zero-order valence-electron chi connectivity index (χ0n) is 14.8. The molecule has 2 aromatic rings. The summed E-state index contributed by atoms with van der Waals surface area (Å²) in [5, 5.41) is 2.98. The van der Waals surface area contributed by atoms with Crippen LogP contribution in [0.1, 0.15) is 18.7 Å². The number of carbonyl (C=O) groups is 1. The number of para-hydroxylation sites is 2. The zero-order valence-corrected chi connectivity index (χ0v) is 14.8. The average molecular weight is 343 g/mol. The number of nitrogens with one attached hydrogen (secondary N) is 1. The number of nitrogens with zero attached hydrogens (tertiary/aromatic N) is 2. The highest BCUT2D eigenvalue weighted by molar-refractivity contribution is 5.78. The van der Waals surface area contributed by atoms with Crippen molar-refractivity contribution in [2.45, 2.75) is 13.0 Å². The average Bonchev–Trinajstić information content (AvgIpc) is 3.17. The van der Waals surface area contributed by atoms with E-state index in [0.29, 0.717) is 6.54 Å². The molecule has 134 valence electrons. The number of furan rings is 1. The number of hydrogen-bond acceptors (Lipinski definition) is 5. The Morgan fingerprint density at radius 2 is 1.96 bits per heavy atom. The molecule has 0 bridgehead atoms. The Kier molecular flexibility index (Phi) is 5.60. The summed E-state index contributed by atoms with van der Waals surface area (Å²) in [6.07, 6.45) is 1.62. The highest BCUT2D eigenvalue weighted by Gasteiger charge is 2.22. The lowest BCUT2D eigenvalue weighted by Crippen LogP contribution is -2.49. The van der Waals surface area contributed by atoms with Gasteiger partial charge in [-0.15, -0.1) is 0 Å². The molecule has 25 heavy (non-hydrogen) atoms. The summed E-state index contributed by atoms with van der Waals surface area (Å²) in [5.74, 6) is 1.69. The van der Waals surface area contributed by atoms with E-state index in [1.165, 1.54) is 0 Å². The van der Waals surface area contributed by atoms with Gasteiger partial charge in [-0.25, -0.2) is 0 Å². The molecule has 1 aliphatic heterocycles. The molecule has 1 aromatic heterocycles. The van der Waals surface area contributed by atoms with Gasteiger partial charge in [-0.3, -0.25) is 9.69 Å². The van der Waals surface area contributed by atoms with Gasteiger partial charge in [0, 0.05) is 26.2 Å². The zero-order chi connectivity index (χ0) is 17.6. The van der Waals surface area contributed by atoms with Crippen LogP contribution in [0.3, 0.4) is 0 Å². The Balaban J connectivity index is 1.48. The summed E-state index contributed by atoms with van der Waals surface area (Å²) in [5.41, 5.74) is 1.11. The van der Waals surface area contributed by atoms with E-state index >= 15 is 0 Å². The van der Waals surface area contributed by atoms with E-state index in [1.54, 1.807) is 13.4 Å². The molecule has 3 rings (SSSR count). The van der Waals surface area contributed by atoms with Crippen molar-refractivity contribution < 1.29 is 13.9 Å². The van der Waals surface area contributed by atoms with Crippen molar-refractivity contribution in [2.24, 2.45) is 0 Å². The third kappa shape index (κ3) is 4.33. The fourth-order valence-corrected chi connectivity index (χ4v) is 3.14. The minimum absolute atomic E-state index is 0.0228. The van der Waals surface area contributed by atoms with Crippen molar-refractivity contribution in [3.8, 4) is 5.75 Å². The van der Waals surface area contributed by atoms with Crippen LogP contribution < -0.4 is 15.0 Å². The van der Waals surface area contributed by atoms with Crippen molar-refractivity contribution in [1.29, 1.82) is 0 Å². The maximum absolute atomic E-state index is 12.2. The van der Waals surface area contributed by atoms with Crippen LogP contribution in [0.4, 0.5) is 5.69 Å². The molecule has 0 aliphatic carbocycles. The maximum Gasteiger partial charge on any atom is 0.234 e. The Hall–Kier alpha value is -2.47. The number of rotatable bonds is 6. The van der Waals surface area contributed by atoms with Crippen molar-refractivity contribution in [3.63, 3.8) is 0 Å². The minimum Gasteiger partial charge on any atom is -0.495 e. The highest BCUT2D eigenvalue weighted by atomic mass is 16.5. The minimum atomic E-state index is -0.114. The molecule has 1 saturated heterocycles. The number of carbonyl (C=O) groups excluding carboxylic acids is 1. The van der Waals surface area contributed by atoms with E-state index in [-0.39, 0.29) is 11.9 Å². The van der Waals surface area contributed by atoms with Crippen LogP contribution >= 0.6 is 0 Å². The van der Waals surface area contributed by atoms with Gasteiger partial charge in [-0.1, -0.05) is 12.1 Å². The van der Waals surface area contributed by atoms with Gasteiger partial charge in [0.25, 0.3) is 0 Å². The van der Waals surface area contributed by atoms with Crippen molar-refractivity contribution in [1.82, 2.24) is 10.2 Å². The fraction of sp³-hybridized carbons (Fsp3) is 0.421. The van der Waals surface area contributed by atoms with Gasteiger partial charge in [-0.2, -0.15) is 0 Å². The lowest BCUT2D eigenvalue weighted by Gasteiger charge is -2.36. The van der Waals surface area contributed by atoms with E-state index in [4.69, 9.17) is 9.15 Å². The second-order valence-electron chi connectivity index (χ2n) is 6.24. The molecular formula is C19H25N3O3. The lowest BCUT2D eigenvalue weighted by molar-refractivity contribution is -0.123. The number of hydrogen-bond donors (Lipinski definition) is 1. The van der Waals surface area contributed by atoms with Gasteiger partial charge in [0.15, 0.2) is 0 Å². The molecule has 6 heteroatoms. The molecule has 1 aliphatic rings. The smallest absolute Gasteiger partial charge is 0.234 e. The van der Waals surface area contributed by atoms with Crippen LogP contribution in [0.15, 0.2) is 47.1 Å². The fourth-order valence-electron chi connectivity index (χ4n) is 3.14. The molecule has 0 unspecified atom stereocenters. The standard InChI is InChI=1S/C19H25N3O3/c1-15(17-8-5-13-25-17)20-19(23)14-21-9-11-22(12-10-21)16-6-3-4-7-18(16)24-2/h3-8,13,15H,9-12,14H2,1-2H3,(H,20,23)/t15-/m1/s1. The summed E-state index contributed by atoms with van der Waals surface area (Å²) in [6.45, 7) is 5.78. The molecule has 2 heterocycles. The van der Waals surface area contributed by atoms with E-state index < -0.39 is 0 Å². The van der Waals surface area contributed by atoms with Gasteiger partial charge in [-0.05, 0) is 31.2 Å². The number of amides is 1. The quantitative estimate of drug-likeness (QED) is 0.872. The SMILES string of the molecule is COc1ccccc1N1CCN(CC(=O)N[C@H](C)c2ccco2)CC1. The first-order valence-corrected chi connectivity index (χ1v) is 8.60. The largest absolute Gasteiger partial charge is 0.495 e. The molecule has 1 amide bonds. The molecule has 0 spiro atoms. The van der Waals surface area contributed by atoms with Crippen LogP contribution in [0, 0.1) is 0 Å². The summed E-state index contributed by atoms with van der Waals surface area (Å²) in [6, 6.07) is 11.6. The molecule has 1 atom stereocenters. The van der Waals surface area contributed by atoms with Gasteiger partial charge in [0.2, 0.25) is 5.91 Å². The van der Waals surface area contributed by atoms with Gasteiger partial charge in [0.05, 0.1) is 31.6 Å². The maximum atomic E-state index is 12.2. The van der Waals surface area contributed by atoms with Gasteiger partial charge >= 0.3 is 0 Å². The number of benzene rings is 1. The van der Waals surface area contributed by atoms with Crippen molar-refractivity contribution in [3.05, 3.63) is 48.4 Å². The van der Waals surface area contributed by atoms with Crippen LogP contribution in [-0.2, 0) is 4.79 Å². The molecule has 0 saturated carbocycles. The second-order valence-corrected chi connectivity index (χ2v) is 6.24. The van der Waals surface area contributed by atoms with E-state index in [2.05, 4.69) is 21.2 Å². The lowest BCUT2D eigenvalue weighted by atomic mass is 10.2. The first kappa shape index (κ1) is 17.4. The molecule has 0 radical (unpaired) electrons. The normalized spacial score (nSPS) is 16.5. The van der Waals surface area contributed by atoms with Crippen LogP contribution in [0.25, 0.3) is 0 Å². The number of anilines is 1. The predicted molar refractivity (Wildman–Crippen MR) is 96.9 cm³/mol. The summed E-state index contributed by atoms with van der Waals surface area (Å²) in [4.78, 5) is 16.7. The third-order valence-electron chi connectivity index (χ3n) is 4.51. The Morgan fingerprint density at radius 1 is 1.20 bits per heavy atom. The Labute approximate surface area is 148 Å². The molecular weight excluding hydrogens is 318 g/mol. The molecule has 1 fully saturated rings. The summed E-state index contributed by atoms with van der Waals surface area (Å²) < 4.78 is 10.8.